The van der Waals surface area contributed by atoms with Gasteiger partial charge in [0.2, 0.25) is 0 Å². The summed E-state index contributed by atoms with van der Waals surface area (Å²) in [5.74, 6) is 3.35. The molecule has 0 aromatic heterocycles. The summed E-state index contributed by atoms with van der Waals surface area (Å²) in [6.45, 7) is 16.7. The molecule has 0 bridgehead atoms. The summed E-state index contributed by atoms with van der Waals surface area (Å²) in [5.41, 5.74) is 3.43. The second kappa shape index (κ2) is 11.8. The fourth-order valence-corrected chi connectivity index (χ4v) is 2.56. The molecule has 0 aliphatic carbocycles. The second-order valence-corrected chi connectivity index (χ2v) is 11.4. The van der Waals surface area contributed by atoms with E-state index in [4.69, 9.17) is 4.74 Å². The van der Waals surface area contributed by atoms with Crippen LogP contribution in [0.4, 0.5) is 0 Å². The van der Waals surface area contributed by atoms with Gasteiger partial charge in [0, 0.05) is 0 Å². The van der Waals surface area contributed by atoms with Crippen LogP contribution in [-0.4, -0.2) is 20.3 Å². The predicted molar refractivity (Wildman–Crippen MR) is 98.2 cm³/mol. The maximum absolute atomic E-state index is 6.16. The zero-order chi connectivity index (χ0) is 16.1. The van der Waals surface area contributed by atoms with E-state index >= 15 is 0 Å². The summed E-state index contributed by atoms with van der Waals surface area (Å²) in [5, 5.41) is 0. The van der Waals surface area contributed by atoms with Gasteiger partial charge in [-0.15, -0.1) is 18.7 Å². The van der Waals surface area contributed by atoms with Gasteiger partial charge in [0.1, 0.15) is 14.2 Å². The minimum Gasteiger partial charge on any atom is -0.358 e. The number of rotatable bonds is 11. The predicted octanol–water partition coefficient (Wildman–Crippen LogP) is 5.74. The summed E-state index contributed by atoms with van der Waals surface area (Å²) in [4.78, 5) is 0. The molecule has 2 heteroatoms. The summed E-state index contributed by atoms with van der Waals surface area (Å²) in [6.07, 6.45) is 12.0. The molecule has 0 aromatic carbocycles. The second-order valence-electron chi connectivity index (χ2n) is 6.63. The highest BCUT2D eigenvalue weighted by atomic mass is 28.3. The lowest BCUT2D eigenvalue weighted by atomic mass is 10.1. The first-order valence-corrected chi connectivity index (χ1v) is 11.8. The fourth-order valence-electron chi connectivity index (χ4n) is 1.97. The van der Waals surface area contributed by atoms with Crippen LogP contribution in [-0.2, 0) is 4.74 Å². The van der Waals surface area contributed by atoms with Gasteiger partial charge in [-0.3, -0.25) is 0 Å². The van der Waals surface area contributed by atoms with E-state index in [2.05, 4.69) is 51.2 Å². The third-order valence-corrected chi connectivity index (χ3v) is 4.08. The van der Waals surface area contributed by atoms with Crippen LogP contribution in [0.2, 0.25) is 19.6 Å². The van der Waals surface area contributed by atoms with Crippen LogP contribution in [0.3, 0.4) is 0 Å². The lowest BCUT2D eigenvalue weighted by Crippen LogP contribution is -2.22. The third-order valence-electron chi connectivity index (χ3n) is 3.19. The highest BCUT2D eigenvalue weighted by Crippen LogP contribution is 2.14. The minimum absolute atomic E-state index is 0.0175. The molecule has 0 radical (unpaired) electrons. The molecular weight excluding hydrogens is 272 g/mol. The summed E-state index contributed by atoms with van der Waals surface area (Å²) in [6, 6.07) is 0. The number of unbranched alkanes of at least 4 members (excludes halogenated alkanes) is 3. The molecule has 0 aliphatic rings. The van der Waals surface area contributed by atoms with Crippen molar-refractivity contribution < 1.29 is 4.74 Å². The lowest BCUT2D eigenvalue weighted by Gasteiger charge is -2.19. The van der Waals surface area contributed by atoms with Gasteiger partial charge in [0.15, 0.2) is 0 Å². The molecule has 0 heterocycles. The summed E-state index contributed by atoms with van der Waals surface area (Å²) < 4.78 is 6.16. The maximum Gasteiger partial charge on any atom is 0.129 e. The van der Waals surface area contributed by atoms with Gasteiger partial charge in [-0.05, 0) is 19.3 Å². The SMILES string of the molecule is C=CCCC(C#C[Si](C)(C)C)O[C@H](C=C)CCCCCC. The van der Waals surface area contributed by atoms with E-state index in [0.717, 1.165) is 19.3 Å². The molecule has 0 rings (SSSR count). The molecule has 1 nitrogen and oxygen atoms in total. The number of ether oxygens (including phenoxy) is 1. The summed E-state index contributed by atoms with van der Waals surface area (Å²) >= 11 is 0. The van der Waals surface area contributed by atoms with Crippen molar-refractivity contribution in [2.75, 3.05) is 0 Å². The fraction of sp³-hybridized carbons (Fsp3) is 0.684. The highest BCUT2D eigenvalue weighted by Gasteiger charge is 2.13. The Morgan fingerprint density at radius 1 is 1.10 bits per heavy atom. The zero-order valence-electron chi connectivity index (χ0n) is 14.6. The van der Waals surface area contributed by atoms with E-state index in [1.807, 2.05) is 12.2 Å². The zero-order valence-corrected chi connectivity index (χ0v) is 15.6. The van der Waals surface area contributed by atoms with Crippen molar-refractivity contribution >= 4 is 8.07 Å². The molecule has 0 N–H and O–H groups in total. The van der Waals surface area contributed by atoms with Crippen molar-refractivity contribution in [3.05, 3.63) is 25.3 Å². The normalized spacial score (nSPS) is 13.9. The third kappa shape index (κ3) is 12.7. The van der Waals surface area contributed by atoms with Gasteiger partial charge in [0.05, 0.1) is 6.10 Å². The van der Waals surface area contributed by atoms with Gasteiger partial charge in [-0.1, -0.05) is 70.3 Å². The van der Waals surface area contributed by atoms with E-state index in [0.29, 0.717) is 0 Å². The standard InChI is InChI=1S/C19H34OSi/c1-7-10-12-13-15-18(9-3)20-19(14-11-8-2)16-17-21(4,5)6/h8-9,18-19H,2-3,7,10-15H2,1,4-6H3/t18-,19?/m1/s1. The van der Waals surface area contributed by atoms with Crippen molar-refractivity contribution in [3.8, 4) is 11.5 Å². The van der Waals surface area contributed by atoms with Crippen LogP contribution < -0.4 is 0 Å². The van der Waals surface area contributed by atoms with Crippen LogP contribution in [0, 0.1) is 11.5 Å². The van der Waals surface area contributed by atoms with E-state index in [-0.39, 0.29) is 12.2 Å². The Kier molecular flexibility index (Phi) is 11.4. The minimum atomic E-state index is -1.35. The van der Waals surface area contributed by atoms with Crippen molar-refractivity contribution in [1.29, 1.82) is 0 Å². The number of hydrogen-bond acceptors (Lipinski definition) is 1. The lowest BCUT2D eigenvalue weighted by molar-refractivity contribution is 0.0370. The largest absolute Gasteiger partial charge is 0.358 e. The Morgan fingerprint density at radius 3 is 2.33 bits per heavy atom. The van der Waals surface area contributed by atoms with Gasteiger partial charge in [-0.25, -0.2) is 0 Å². The first-order valence-electron chi connectivity index (χ1n) is 8.34. The average Bonchev–Trinajstić information content (AvgIpc) is 2.43. The van der Waals surface area contributed by atoms with Gasteiger partial charge >= 0.3 is 0 Å². The van der Waals surface area contributed by atoms with Crippen LogP contribution in [0.25, 0.3) is 0 Å². The topological polar surface area (TPSA) is 9.23 Å². The average molecular weight is 307 g/mol. The monoisotopic (exact) mass is 306 g/mol. The Bertz CT molecular complexity index is 343. The molecule has 0 aliphatic heterocycles. The van der Waals surface area contributed by atoms with Crippen molar-refractivity contribution in [2.24, 2.45) is 0 Å². The molecule has 0 amide bonds. The maximum atomic E-state index is 6.16. The summed E-state index contributed by atoms with van der Waals surface area (Å²) in [7, 11) is -1.35. The van der Waals surface area contributed by atoms with Gasteiger partial charge < -0.3 is 4.74 Å². The molecular formula is C19H34OSi. The van der Waals surface area contributed by atoms with Gasteiger partial charge in [0.25, 0.3) is 0 Å². The smallest absolute Gasteiger partial charge is 0.129 e. The number of allylic oxidation sites excluding steroid dienone is 1. The molecule has 0 saturated carbocycles. The molecule has 0 spiro atoms. The van der Waals surface area contributed by atoms with Crippen molar-refractivity contribution in [2.45, 2.75) is 83.7 Å². The molecule has 2 atom stereocenters. The van der Waals surface area contributed by atoms with Crippen LogP contribution in [0.5, 0.6) is 0 Å². The van der Waals surface area contributed by atoms with E-state index in [1.54, 1.807) is 0 Å². The highest BCUT2D eigenvalue weighted by molar-refractivity contribution is 6.83. The molecule has 0 saturated heterocycles. The number of hydrogen-bond donors (Lipinski definition) is 0. The Labute approximate surface area is 133 Å². The molecule has 0 aromatic rings. The van der Waals surface area contributed by atoms with Gasteiger partial charge in [-0.2, -0.15) is 0 Å². The molecule has 0 fully saturated rings. The van der Waals surface area contributed by atoms with E-state index in [1.165, 1.54) is 25.7 Å². The Balaban J connectivity index is 4.48. The van der Waals surface area contributed by atoms with Crippen LogP contribution in [0.1, 0.15) is 51.9 Å². The van der Waals surface area contributed by atoms with Crippen LogP contribution >= 0.6 is 0 Å². The van der Waals surface area contributed by atoms with E-state index in [9.17, 15) is 0 Å². The molecule has 1 unspecified atom stereocenters. The quantitative estimate of drug-likeness (QED) is 0.204. The van der Waals surface area contributed by atoms with Crippen LogP contribution in [0.15, 0.2) is 25.3 Å². The molecule has 120 valence electrons. The van der Waals surface area contributed by atoms with Crippen molar-refractivity contribution in [3.63, 3.8) is 0 Å². The van der Waals surface area contributed by atoms with Crippen molar-refractivity contribution in [1.82, 2.24) is 0 Å². The first-order chi connectivity index (χ1) is 9.92. The molecule has 21 heavy (non-hydrogen) atoms. The first kappa shape index (κ1) is 20.2. The van der Waals surface area contributed by atoms with E-state index < -0.39 is 8.07 Å². The Hall–Kier alpha value is -0.783. The Morgan fingerprint density at radius 2 is 1.81 bits per heavy atom.